The minimum absolute atomic E-state index is 0.320. The summed E-state index contributed by atoms with van der Waals surface area (Å²) < 4.78 is 10.3. The van der Waals surface area contributed by atoms with Gasteiger partial charge in [-0.15, -0.1) is 0 Å². The van der Waals surface area contributed by atoms with Crippen LogP contribution in [0.15, 0.2) is 48.5 Å². The Morgan fingerprint density at radius 1 is 0.905 bits per heavy atom. The van der Waals surface area contributed by atoms with Crippen molar-refractivity contribution >= 4 is 6.03 Å². The van der Waals surface area contributed by atoms with Gasteiger partial charge in [-0.05, 0) is 35.4 Å². The van der Waals surface area contributed by atoms with E-state index in [1.807, 2.05) is 48.5 Å². The number of ether oxygens (including phenoxy) is 2. The Morgan fingerprint density at radius 3 is 1.57 bits per heavy atom. The number of amides is 2. The topological polar surface area (TPSA) is 73.6 Å². The zero-order valence-electron chi connectivity index (χ0n) is 12.0. The third-order valence-corrected chi connectivity index (χ3v) is 3.18. The molecule has 0 atom stereocenters. The molecule has 2 amide bonds. The summed E-state index contributed by atoms with van der Waals surface area (Å²) in [5.41, 5.74) is 7.11. The number of urea groups is 1. The van der Waals surface area contributed by atoms with Gasteiger partial charge >= 0.3 is 6.03 Å². The molecule has 0 saturated heterocycles. The highest BCUT2D eigenvalue weighted by molar-refractivity contribution is 5.73. The van der Waals surface area contributed by atoms with Crippen molar-refractivity contribution in [3.8, 4) is 11.5 Å². The van der Waals surface area contributed by atoms with Crippen molar-refractivity contribution in [1.82, 2.24) is 5.32 Å². The van der Waals surface area contributed by atoms with Crippen molar-refractivity contribution in [3.63, 3.8) is 0 Å². The average molecular weight is 286 g/mol. The van der Waals surface area contributed by atoms with Crippen LogP contribution < -0.4 is 20.5 Å². The molecule has 0 heterocycles. The first-order valence-corrected chi connectivity index (χ1v) is 6.48. The second kappa shape index (κ2) is 6.65. The van der Waals surface area contributed by atoms with Crippen molar-refractivity contribution in [3.05, 3.63) is 59.7 Å². The molecule has 0 aliphatic rings. The molecule has 2 rings (SSSR count). The summed E-state index contributed by atoms with van der Waals surface area (Å²) in [7, 11) is 3.22. The highest BCUT2D eigenvalue weighted by atomic mass is 16.5. The smallest absolute Gasteiger partial charge is 0.312 e. The van der Waals surface area contributed by atoms with Crippen LogP contribution in [-0.4, -0.2) is 20.3 Å². The van der Waals surface area contributed by atoms with E-state index in [1.165, 1.54) is 0 Å². The van der Waals surface area contributed by atoms with E-state index in [0.29, 0.717) is 0 Å². The number of primary amides is 1. The predicted molar refractivity (Wildman–Crippen MR) is 80.6 cm³/mol. The summed E-state index contributed by atoms with van der Waals surface area (Å²) in [5.74, 6) is 1.51. The summed E-state index contributed by atoms with van der Waals surface area (Å²) in [6.45, 7) is 0. The first kappa shape index (κ1) is 14.7. The van der Waals surface area contributed by atoms with Crippen LogP contribution in [0.3, 0.4) is 0 Å². The highest BCUT2D eigenvalue weighted by Crippen LogP contribution is 2.25. The molecule has 0 spiro atoms. The van der Waals surface area contributed by atoms with Crippen LogP contribution in [0.2, 0.25) is 0 Å². The van der Waals surface area contributed by atoms with E-state index < -0.39 is 6.03 Å². The predicted octanol–water partition coefficient (Wildman–Crippen LogP) is 2.46. The molecule has 110 valence electrons. The Bertz CT molecular complexity index is 546. The number of nitrogens with two attached hydrogens (primary N) is 1. The maximum atomic E-state index is 11.3. The number of rotatable bonds is 5. The number of benzene rings is 2. The number of nitrogens with one attached hydrogen (secondary N) is 1. The molecule has 5 heteroatoms. The molecule has 0 aliphatic carbocycles. The maximum absolute atomic E-state index is 11.3. The minimum atomic E-state index is -0.577. The van der Waals surface area contributed by atoms with E-state index in [-0.39, 0.29) is 6.04 Å². The van der Waals surface area contributed by atoms with Crippen LogP contribution in [-0.2, 0) is 0 Å². The first-order chi connectivity index (χ1) is 10.1. The fourth-order valence-corrected chi connectivity index (χ4v) is 2.09. The summed E-state index contributed by atoms with van der Waals surface area (Å²) in [4.78, 5) is 11.3. The van der Waals surface area contributed by atoms with Gasteiger partial charge in [-0.3, -0.25) is 0 Å². The van der Waals surface area contributed by atoms with Gasteiger partial charge in [0, 0.05) is 0 Å². The second-order valence-corrected chi connectivity index (χ2v) is 4.49. The summed E-state index contributed by atoms with van der Waals surface area (Å²) in [5, 5.41) is 2.74. The number of hydrogen-bond donors (Lipinski definition) is 2. The Kier molecular flexibility index (Phi) is 4.66. The quantitative estimate of drug-likeness (QED) is 0.886. The lowest BCUT2D eigenvalue weighted by Crippen LogP contribution is -2.33. The van der Waals surface area contributed by atoms with Crippen LogP contribution in [0.1, 0.15) is 17.2 Å². The fraction of sp³-hybridized carbons (Fsp3) is 0.188. The first-order valence-electron chi connectivity index (χ1n) is 6.48. The van der Waals surface area contributed by atoms with Gasteiger partial charge in [0.25, 0.3) is 0 Å². The fourth-order valence-electron chi connectivity index (χ4n) is 2.09. The Balaban J connectivity index is 2.33. The largest absolute Gasteiger partial charge is 0.497 e. The van der Waals surface area contributed by atoms with E-state index in [2.05, 4.69) is 5.32 Å². The minimum Gasteiger partial charge on any atom is -0.497 e. The molecule has 2 aromatic carbocycles. The van der Waals surface area contributed by atoms with Crippen LogP contribution >= 0.6 is 0 Å². The molecule has 3 N–H and O–H groups in total. The Morgan fingerprint density at radius 2 is 1.29 bits per heavy atom. The molecule has 0 radical (unpaired) electrons. The molecule has 0 saturated carbocycles. The zero-order valence-corrected chi connectivity index (χ0v) is 12.0. The van der Waals surface area contributed by atoms with Crippen LogP contribution in [0, 0.1) is 0 Å². The van der Waals surface area contributed by atoms with Gasteiger partial charge in [-0.2, -0.15) is 0 Å². The van der Waals surface area contributed by atoms with Crippen molar-refractivity contribution in [1.29, 1.82) is 0 Å². The Labute approximate surface area is 123 Å². The van der Waals surface area contributed by atoms with Crippen molar-refractivity contribution < 1.29 is 14.3 Å². The highest BCUT2D eigenvalue weighted by Gasteiger charge is 2.15. The normalized spacial score (nSPS) is 10.2. The van der Waals surface area contributed by atoms with Crippen molar-refractivity contribution in [2.75, 3.05) is 14.2 Å². The summed E-state index contributed by atoms with van der Waals surface area (Å²) in [6.07, 6.45) is 0. The van der Waals surface area contributed by atoms with Gasteiger partial charge in [-0.25, -0.2) is 4.79 Å². The van der Waals surface area contributed by atoms with Crippen LogP contribution in [0.5, 0.6) is 11.5 Å². The van der Waals surface area contributed by atoms with E-state index in [1.54, 1.807) is 14.2 Å². The third-order valence-electron chi connectivity index (χ3n) is 3.18. The lowest BCUT2D eigenvalue weighted by Gasteiger charge is -2.19. The number of carbonyl (C=O) groups excluding carboxylic acids is 1. The molecule has 2 aromatic rings. The van der Waals surface area contributed by atoms with Gasteiger partial charge in [0.15, 0.2) is 0 Å². The number of carbonyl (C=O) groups is 1. The standard InChI is InChI=1S/C16H18N2O3/c1-20-13-7-3-11(4-8-13)15(18-16(17)19)12-5-9-14(21-2)10-6-12/h3-10,15H,1-2H3,(H3,17,18,19). The number of methoxy groups -OCH3 is 2. The van der Waals surface area contributed by atoms with Gasteiger partial charge in [-0.1, -0.05) is 24.3 Å². The number of hydrogen-bond acceptors (Lipinski definition) is 3. The molecule has 21 heavy (non-hydrogen) atoms. The molecular weight excluding hydrogens is 268 g/mol. The average Bonchev–Trinajstić information content (AvgIpc) is 2.53. The van der Waals surface area contributed by atoms with Crippen LogP contribution in [0.25, 0.3) is 0 Å². The molecule has 0 unspecified atom stereocenters. The lowest BCUT2D eigenvalue weighted by atomic mass is 9.98. The molecule has 5 nitrogen and oxygen atoms in total. The van der Waals surface area contributed by atoms with Crippen LogP contribution in [0.4, 0.5) is 4.79 Å². The third kappa shape index (κ3) is 3.66. The molecule has 0 fully saturated rings. The molecular formula is C16H18N2O3. The van der Waals surface area contributed by atoms with E-state index in [9.17, 15) is 4.79 Å². The van der Waals surface area contributed by atoms with Crippen molar-refractivity contribution in [2.45, 2.75) is 6.04 Å². The van der Waals surface area contributed by atoms with Gasteiger partial charge < -0.3 is 20.5 Å². The van der Waals surface area contributed by atoms with Crippen molar-refractivity contribution in [2.24, 2.45) is 5.73 Å². The molecule has 0 aliphatic heterocycles. The van der Waals surface area contributed by atoms with Gasteiger partial charge in [0.05, 0.1) is 20.3 Å². The molecule has 0 bridgehead atoms. The van der Waals surface area contributed by atoms with E-state index in [4.69, 9.17) is 15.2 Å². The molecule has 0 aromatic heterocycles. The van der Waals surface area contributed by atoms with Gasteiger partial charge in [0.1, 0.15) is 11.5 Å². The van der Waals surface area contributed by atoms with E-state index in [0.717, 1.165) is 22.6 Å². The lowest BCUT2D eigenvalue weighted by molar-refractivity contribution is 0.247. The monoisotopic (exact) mass is 286 g/mol. The van der Waals surface area contributed by atoms with Gasteiger partial charge in [0.2, 0.25) is 0 Å². The van der Waals surface area contributed by atoms with E-state index >= 15 is 0 Å². The maximum Gasteiger partial charge on any atom is 0.312 e. The summed E-state index contributed by atoms with van der Waals surface area (Å²) >= 11 is 0. The Hall–Kier alpha value is -2.69. The zero-order chi connectivity index (χ0) is 15.2. The SMILES string of the molecule is COc1ccc(C(NC(N)=O)c2ccc(OC)cc2)cc1. The second-order valence-electron chi connectivity index (χ2n) is 4.49. The summed E-state index contributed by atoms with van der Waals surface area (Å²) in [6, 6.07) is 14.0.